The molecule has 102 valence electrons. The molecule has 4 nitrogen and oxygen atoms in total. The smallest absolute Gasteiger partial charge is 0.162 e. The van der Waals surface area contributed by atoms with Crippen LogP contribution in [-0.2, 0) is 6.54 Å². The Bertz CT molecular complexity index is 352. The maximum Gasteiger partial charge on any atom is 0.162 e. The second-order valence-electron chi connectivity index (χ2n) is 4.17. The first kappa shape index (κ1) is 14.8. The minimum Gasteiger partial charge on any atom is -0.504 e. The standard InChI is InChI=1S/C14H24N2O2/c1-4-16(5-2)10-9-15-11-12-7-6-8-13(18-3)14(12)17/h6-8,15,17H,4-5,9-11H2,1-3H3. The van der Waals surface area contributed by atoms with Crippen LogP contribution in [0.2, 0.25) is 0 Å². The predicted octanol–water partition coefficient (Wildman–Crippen LogP) is 1.83. The summed E-state index contributed by atoms with van der Waals surface area (Å²) < 4.78 is 5.08. The van der Waals surface area contributed by atoms with E-state index in [1.165, 1.54) is 0 Å². The molecule has 0 aliphatic heterocycles. The van der Waals surface area contributed by atoms with Gasteiger partial charge in [-0.15, -0.1) is 0 Å². The summed E-state index contributed by atoms with van der Waals surface area (Å²) in [5, 5.41) is 13.2. The Hall–Kier alpha value is -1.26. The molecule has 4 heteroatoms. The number of benzene rings is 1. The third-order valence-corrected chi connectivity index (χ3v) is 3.12. The molecule has 0 atom stereocenters. The van der Waals surface area contributed by atoms with Gasteiger partial charge in [0, 0.05) is 25.2 Å². The van der Waals surface area contributed by atoms with Gasteiger partial charge in [-0.1, -0.05) is 26.0 Å². The number of aromatic hydroxyl groups is 1. The fraction of sp³-hybridized carbons (Fsp3) is 0.571. The molecule has 0 unspecified atom stereocenters. The summed E-state index contributed by atoms with van der Waals surface area (Å²) in [7, 11) is 1.56. The van der Waals surface area contributed by atoms with Crippen molar-refractivity contribution in [2.24, 2.45) is 0 Å². The van der Waals surface area contributed by atoms with Gasteiger partial charge in [-0.3, -0.25) is 0 Å². The van der Waals surface area contributed by atoms with Gasteiger partial charge >= 0.3 is 0 Å². The molecule has 0 aliphatic rings. The quantitative estimate of drug-likeness (QED) is 0.693. The molecule has 0 bridgehead atoms. The summed E-state index contributed by atoms with van der Waals surface area (Å²) in [4.78, 5) is 2.36. The van der Waals surface area contributed by atoms with Crippen molar-refractivity contribution in [3.8, 4) is 11.5 Å². The molecular weight excluding hydrogens is 228 g/mol. The number of methoxy groups -OCH3 is 1. The molecule has 18 heavy (non-hydrogen) atoms. The van der Waals surface area contributed by atoms with Crippen LogP contribution in [0.1, 0.15) is 19.4 Å². The van der Waals surface area contributed by atoms with Gasteiger partial charge < -0.3 is 20.1 Å². The Morgan fingerprint density at radius 3 is 2.61 bits per heavy atom. The molecule has 1 aromatic carbocycles. The molecule has 0 aliphatic carbocycles. The van der Waals surface area contributed by atoms with E-state index in [1.54, 1.807) is 13.2 Å². The number of rotatable bonds is 8. The lowest BCUT2D eigenvalue weighted by atomic mass is 10.2. The van der Waals surface area contributed by atoms with Gasteiger partial charge in [0.25, 0.3) is 0 Å². The van der Waals surface area contributed by atoms with Crippen molar-refractivity contribution < 1.29 is 9.84 Å². The van der Waals surface area contributed by atoms with E-state index in [0.717, 1.165) is 31.7 Å². The summed E-state index contributed by atoms with van der Waals surface area (Å²) in [5.74, 6) is 0.758. The fourth-order valence-corrected chi connectivity index (χ4v) is 1.88. The number of para-hydroxylation sites is 1. The lowest BCUT2D eigenvalue weighted by Crippen LogP contribution is -2.31. The SMILES string of the molecule is CCN(CC)CCNCc1cccc(OC)c1O. The summed E-state index contributed by atoms with van der Waals surface area (Å²) in [6.45, 7) is 9.07. The van der Waals surface area contributed by atoms with Gasteiger partial charge in [0.05, 0.1) is 7.11 Å². The Labute approximate surface area is 110 Å². The van der Waals surface area contributed by atoms with Gasteiger partial charge in [-0.05, 0) is 19.2 Å². The number of phenols is 1. The van der Waals surface area contributed by atoms with E-state index in [2.05, 4.69) is 24.1 Å². The van der Waals surface area contributed by atoms with Crippen LogP contribution >= 0.6 is 0 Å². The van der Waals surface area contributed by atoms with E-state index in [0.29, 0.717) is 12.3 Å². The van der Waals surface area contributed by atoms with Gasteiger partial charge in [0.15, 0.2) is 11.5 Å². The maximum absolute atomic E-state index is 9.91. The van der Waals surface area contributed by atoms with Crippen molar-refractivity contribution in [3.63, 3.8) is 0 Å². The van der Waals surface area contributed by atoms with Gasteiger partial charge in [-0.2, -0.15) is 0 Å². The van der Waals surface area contributed by atoms with Crippen molar-refractivity contribution in [2.45, 2.75) is 20.4 Å². The number of hydrogen-bond acceptors (Lipinski definition) is 4. The number of phenolic OH excluding ortho intramolecular Hbond substituents is 1. The van der Waals surface area contributed by atoms with Crippen molar-refractivity contribution in [1.29, 1.82) is 0 Å². The zero-order valence-electron chi connectivity index (χ0n) is 11.6. The molecule has 0 spiro atoms. The number of ether oxygens (including phenoxy) is 1. The summed E-state index contributed by atoms with van der Waals surface area (Å²) in [6.07, 6.45) is 0. The first-order valence-corrected chi connectivity index (χ1v) is 6.50. The highest BCUT2D eigenvalue weighted by atomic mass is 16.5. The Kier molecular flexibility index (Phi) is 6.54. The summed E-state index contributed by atoms with van der Waals surface area (Å²) in [5.41, 5.74) is 0.869. The summed E-state index contributed by atoms with van der Waals surface area (Å²) in [6, 6.07) is 5.55. The van der Waals surface area contributed by atoms with Crippen molar-refractivity contribution in [2.75, 3.05) is 33.3 Å². The van der Waals surface area contributed by atoms with Crippen LogP contribution in [0.25, 0.3) is 0 Å². The highest BCUT2D eigenvalue weighted by Crippen LogP contribution is 2.28. The zero-order chi connectivity index (χ0) is 13.4. The predicted molar refractivity (Wildman–Crippen MR) is 74.2 cm³/mol. The molecule has 0 heterocycles. The molecule has 0 amide bonds. The van der Waals surface area contributed by atoms with E-state index in [1.807, 2.05) is 12.1 Å². The molecule has 0 saturated carbocycles. The van der Waals surface area contributed by atoms with Crippen LogP contribution in [0.5, 0.6) is 11.5 Å². The van der Waals surface area contributed by atoms with E-state index in [-0.39, 0.29) is 5.75 Å². The zero-order valence-corrected chi connectivity index (χ0v) is 11.6. The van der Waals surface area contributed by atoms with E-state index in [4.69, 9.17) is 4.74 Å². The fourth-order valence-electron chi connectivity index (χ4n) is 1.88. The number of likely N-dealkylation sites (N-methyl/N-ethyl adjacent to an activating group) is 1. The third-order valence-electron chi connectivity index (χ3n) is 3.12. The highest BCUT2D eigenvalue weighted by Gasteiger charge is 2.06. The lowest BCUT2D eigenvalue weighted by Gasteiger charge is -2.18. The molecular formula is C14H24N2O2. The molecule has 1 aromatic rings. The normalized spacial score (nSPS) is 10.9. The van der Waals surface area contributed by atoms with Crippen LogP contribution in [0.15, 0.2) is 18.2 Å². The van der Waals surface area contributed by atoms with Crippen LogP contribution in [-0.4, -0.2) is 43.3 Å². The van der Waals surface area contributed by atoms with Crippen LogP contribution in [0.4, 0.5) is 0 Å². The minimum absolute atomic E-state index is 0.232. The topological polar surface area (TPSA) is 44.7 Å². The number of nitrogens with one attached hydrogen (secondary N) is 1. The van der Waals surface area contributed by atoms with Gasteiger partial charge in [0.1, 0.15) is 0 Å². The van der Waals surface area contributed by atoms with Crippen LogP contribution < -0.4 is 10.1 Å². The third kappa shape index (κ3) is 4.20. The maximum atomic E-state index is 9.91. The lowest BCUT2D eigenvalue weighted by molar-refractivity contribution is 0.301. The Balaban J connectivity index is 2.40. The molecule has 2 N–H and O–H groups in total. The summed E-state index contributed by atoms with van der Waals surface area (Å²) >= 11 is 0. The molecule has 1 rings (SSSR count). The van der Waals surface area contributed by atoms with Crippen molar-refractivity contribution in [1.82, 2.24) is 10.2 Å². The van der Waals surface area contributed by atoms with E-state index >= 15 is 0 Å². The van der Waals surface area contributed by atoms with Crippen molar-refractivity contribution >= 4 is 0 Å². The minimum atomic E-state index is 0.232. The first-order chi connectivity index (χ1) is 8.72. The van der Waals surface area contributed by atoms with E-state index < -0.39 is 0 Å². The number of hydrogen-bond donors (Lipinski definition) is 2. The van der Waals surface area contributed by atoms with Crippen LogP contribution in [0, 0.1) is 0 Å². The second-order valence-corrected chi connectivity index (χ2v) is 4.17. The largest absolute Gasteiger partial charge is 0.504 e. The molecule has 0 saturated heterocycles. The molecule has 0 radical (unpaired) electrons. The molecule has 0 fully saturated rings. The highest BCUT2D eigenvalue weighted by molar-refractivity contribution is 5.45. The van der Waals surface area contributed by atoms with Crippen LogP contribution in [0.3, 0.4) is 0 Å². The molecule has 0 aromatic heterocycles. The van der Waals surface area contributed by atoms with Gasteiger partial charge in [-0.25, -0.2) is 0 Å². The Morgan fingerprint density at radius 2 is 2.00 bits per heavy atom. The Morgan fingerprint density at radius 1 is 1.28 bits per heavy atom. The average Bonchev–Trinajstić information content (AvgIpc) is 2.40. The van der Waals surface area contributed by atoms with E-state index in [9.17, 15) is 5.11 Å². The first-order valence-electron chi connectivity index (χ1n) is 6.50. The van der Waals surface area contributed by atoms with Crippen molar-refractivity contribution in [3.05, 3.63) is 23.8 Å². The average molecular weight is 252 g/mol. The second kappa shape index (κ2) is 7.95. The monoisotopic (exact) mass is 252 g/mol. The van der Waals surface area contributed by atoms with Gasteiger partial charge in [0.2, 0.25) is 0 Å². The number of nitrogens with zero attached hydrogens (tertiary/aromatic N) is 1.